The summed E-state index contributed by atoms with van der Waals surface area (Å²) in [6.07, 6.45) is 6.50. The minimum atomic E-state index is 0.602. The summed E-state index contributed by atoms with van der Waals surface area (Å²) in [6.45, 7) is 1.04. The van der Waals surface area contributed by atoms with E-state index in [9.17, 15) is 0 Å². The minimum absolute atomic E-state index is 0.602. The molecule has 0 fully saturated rings. The van der Waals surface area contributed by atoms with Gasteiger partial charge in [0, 0.05) is 36.2 Å². The second-order valence-electron chi connectivity index (χ2n) is 7.08. The monoisotopic (exact) mass is 369 g/mol. The number of fused-ring (bicyclic) bond motifs is 1. The lowest BCUT2D eigenvalue weighted by Gasteiger charge is -2.10. The van der Waals surface area contributed by atoms with Gasteiger partial charge in [-0.15, -0.1) is 0 Å². The first-order valence-electron chi connectivity index (χ1n) is 9.35. The summed E-state index contributed by atoms with van der Waals surface area (Å²) in [6, 6.07) is 18.7. The van der Waals surface area contributed by atoms with E-state index in [1.54, 1.807) is 12.4 Å². The van der Waals surface area contributed by atoms with Crippen LogP contribution >= 0.6 is 0 Å². The molecule has 0 atom stereocenters. The average molecular weight is 369 g/mol. The number of hydrogen-bond donors (Lipinski definition) is 1. The molecule has 0 aliphatic heterocycles. The number of rotatable bonds is 6. The van der Waals surface area contributed by atoms with Gasteiger partial charge in [0.05, 0.1) is 5.52 Å². The number of hydrogen-bond acceptors (Lipinski definition) is 5. The Bertz CT molecular complexity index is 1060. The highest BCUT2D eigenvalue weighted by atomic mass is 15.1. The van der Waals surface area contributed by atoms with Crippen molar-refractivity contribution in [1.29, 1.82) is 0 Å². The Morgan fingerprint density at radius 2 is 1.68 bits per heavy atom. The van der Waals surface area contributed by atoms with Crippen molar-refractivity contribution >= 4 is 22.5 Å². The number of anilines is 2. The highest BCUT2D eigenvalue weighted by Crippen LogP contribution is 2.24. The lowest BCUT2D eigenvalue weighted by atomic mass is 10.1. The predicted octanol–water partition coefficient (Wildman–Crippen LogP) is 4.54. The van der Waals surface area contributed by atoms with Gasteiger partial charge in [0.15, 0.2) is 0 Å². The molecule has 0 aliphatic carbocycles. The largest absolute Gasteiger partial charge is 0.324 e. The minimum Gasteiger partial charge on any atom is -0.324 e. The van der Waals surface area contributed by atoms with Crippen molar-refractivity contribution in [3.05, 3.63) is 78.8 Å². The second kappa shape index (κ2) is 8.15. The molecule has 5 heteroatoms. The van der Waals surface area contributed by atoms with Gasteiger partial charge in [-0.05, 0) is 73.6 Å². The first-order chi connectivity index (χ1) is 13.7. The first-order valence-corrected chi connectivity index (χ1v) is 9.35. The first kappa shape index (κ1) is 18.1. The maximum absolute atomic E-state index is 4.65. The van der Waals surface area contributed by atoms with Crippen LogP contribution in [-0.4, -0.2) is 40.5 Å². The summed E-state index contributed by atoms with van der Waals surface area (Å²) < 4.78 is 0. The molecule has 0 spiro atoms. The number of aromatic nitrogens is 3. The second-order valence-corrected chi connectivity index (χ2v) is 7.08. The van der Waals surface area contributed by atoms with E-state index in [2.05, 4.69) is 75.7 Å². The van der Waals surface area contributed by atoms with Crippen LogP contribution in [-0.2, 0) is 6.42 Å². The van der Waals surface area contributed by atoms with Gasteiger partial charge in [0.1, 0.15) is 0 Å². The van der Waals surface area contributed by atoms with Crippen LogP contribution < -0.4 is 5.32 Å². The van der Waals surface area contributed by atoms with Gasteiger partial charge in [-0.2, -0.15) is 0 Å². The van der Waals surface area contributed by atoms with E-state index in [1.165, 1.54) is 5.56 Å². The molecule has 2 heterocycles. The molecule has 0 saturated heterocycles. The third kappa shape index (κ3) is 4.32. The highest BCUT2D eigenvalue weighted by molar-refractivity contribution is 5.84. The average Bonchev–Trinajstić information content (AvgIpc) is 2.73. The van der Waals surface area contributed by atoms with E-state index in [-0.39, 0.29) is 0 Å². The van der Waals surface area contributed by atoms with Crippen molar-refractivity contribution < 1.29 is 0 Å². The highest BCUT2D eigenvalue weighted by Gasteiger charge is 2.04. The fraction of sp³-hybridized carbons (Fsp3) is 0.174. The SMILES string of the molecule is CN(C)CCc1ccc(Nc2ncc3cc(-c4ccncc4)ccc3n2)cc1. The molecule has 4 rings (SSSR count). The number of likely N-dealkylation sites (N-methyl/N-ethyl adjacent to an activating group) is 1. The topological polar surface area (TPSA) is 53.9 Å². The van der Waals surface area contributed by atoms with Gasteiger partial charge >= 0.3 is 0 Å². The molecule has 0 radical (unpaired) electrons. The molecule has 2 aromatic heterocycles. The van der Waals surface area contributed by atoms with Gasteiger partial charge in [0.25, 0.3) is 0 Å². The van der Waals surface area contributed by atoms with Gasteiger partial charge in [-0.3, -0.25) is 4.98 Å². The third-order valence-corrected chi connectivity index (χ3v) is 4.65. The molecule has 0 unspecified atom stereocenters. The summed E-state index contributed by atoms with van der Waals surface area (Å²) >= 11 is 0. The Balaban J connectivity index is 1.50. The van der Waals surface area contributed by atoms with Crippen LogP contribution in [0.3, 0.4) is 0 Å². The van der Waals surface area contributed by atoms with Crippen LogP contribution in [0.2, 0.25) is 0 Å². The van der Waals surface area contributed by atoms with Crippen molar-refractivity contribution in [2.45, 2.75) is 6.42 Å². The molecule has 0 saturated carbocycles. The van der Waals surface area contributed by atoms with E-state index in [0.29, 0.717) is 5.95 Å². The molecule has 0 aliphatic rings. The smallest absolute Gasteiger partial charge is 0.227 e. The van der Waals surface area contributed by atoms with E-state index in [0.717, 1.165) is 40.7 Å². The van der Waals surface area contributed by atoms with Crippen molar-refractivity contribution in [1.82, 2.24) is 19.9 Å². The van der Waals surface area contributed by atoms with E-state index >= 15 is 0 Å². The molecular formula is C23H23N5. The maximum atomic E-state index is 4.65. The van der Waals surface area contributed by atoms with E-state index in [1.807, 2.05) is 24.4 Å². The summed E-state index contributed by atoms with van der Waals surface area (Å²) in [5.74, 6) is 0.602. The molecule has 0 bridgehead atoms. The molecule has 140 valence electrons. The van der Waals surface area contributed by atoms with Crippen LogP contribution in [0.1, 0.15) is 5.56 Å². The summed E-state index contributed by atoms with van der Waals surface area (Å²) in [4.78, 5) is 15.4. The van der Waals surface area contributed by atoms with Gasteiger partial charge in [-0.1, -0.05) is 18.2 Å². The zero-order valence-electron chi connectivity index (χ0n) is 16.1. The Labute approximate surface area is 165 Å². The Morgan fingerprint density at radius 3 is 2.43 bits per heavy atom. The fourth-order valence-electron chi connectivity index (χ4n) is 3.05. The van der Waals surface area contributed by atoms with Crippen molar-refractivity contribution in [3.8, 4) is 11.1 Å². The predicted molar refractivity (Wildman–Crippen MR) is 115 cm³/mol. The third-order valence-electron chi connectivity index (χ3n) is 4.65. The van der Waals surface area contributed by atoms with Crippen LogP contribution in [0.4, 0.5) is 11.6 Å². The van der Waals surface area contributed by atoms with Gasteiger partial charge < -0.3 is 10.2 Å². The molecule has 4 aromatic rings. The van der Waals surface area contributed by atoms with Crippen molar-refractivity contribution in [3.63, 3.8) is 0 Å². The number of nitrogens with one attached hydrogen (secondary N) is 1. The molecule has 28 heavy (non-hydrogen) atoms. The molecule has 2 aromatic carbocycles. The summed E-state index contributed by atoms with van der Waals surface area (Å²) in [5.41, 5.74) is 5.49. The summed E-state index contributed by atoms with van der Waals surface area (Å²) in [5, 5.41) is 4.31. The maximum Gasteiger partial charge on any atom is 0.227 e. The molecular weight excluding hydrogens is 346 g/mol. The van der Waals surface area contributed by atoms with Crippen LogP contribution in [0.25, 0.3) is 22.0 Å². The Kier molecular flexibility index (Phi) is 5.26. The zero-order valence-corrected chi connectivity index (χ0v) is 16.1. The summed E-state index contributed by atoms with van der Waals surface area (Å²) in [7, 11) is 4.18. The van der Waals surface area contributed by atoms with Gasteiger partial charge in [0.2, 0.25) is 5.95 Å². The zero-order chi connectivity index (χ0) is 19.3. The van der Waals surface area contributed by atoms with E-state index in [4.69, 9.17) is 0 Å². The standard InChI is InChI=1S/C23H23N5/c1-28(2)14-11-17-3-6-21(7-4-17)26-23-25-16-20-15-19(5-8-22(20)27-23)18-9-12-24-13-10-18/h3-10,12-13,15-16H,11,14H2,1-2H3,(H,25,26,27). The van der Waals surface area contributed by atoms with E-state index < -0.39 is 0 Å². The lowest BCUT2D eigenvalue weighted by Crippen LogP contribution is -2.14. The van der Waals surface area contributed by atoms with Crippen molar-refractivity contribution in [2.75, 3.05) is 26.0 Å². The fourth-order valence-corrected chi connectivity index (χ4v) is 3.05. The van der Waals surface area contributed by atoms with Crippen molar-refractivity contribution in [2.24, 2.45) is 0 Å². The Hall–Kier alpha value is -3.31. The number of pyridine rings is 1. The van der Waals surface area contributed by atoms with Crippen LogP contribution in [0.15, 0.2) is 73.2 Å². The number of nitrogens with zero attached hydrogens (tertiary/aromatic N) is 4. The Morgan fingerprint density at radius 1 is 0.893 bits per heavy atom. The molecule has 5 nitrogen and oxygen atoms in total. The van der Waals surface area contributed by atoms with Crippen LogP contribution in [0, 0.1) is 0 Å². The van der Waals surface area contributed by atoms with Crippen LogP contribution in [0.5, 0.6) is 0 Å². The normalized spacial score (nSPS) is 11.1. The molecule has 1 N–H and O–H groups in total. The quantitative estimate of drug-likeness (QED) is 0.541. The lowest BCUT2D eigenvalue weighted by molar-refractivity contribution is 0.413. The van der Waals surface area contributed by atoms with Gasteiger partial charge in [-0.25, -0.2) is 9.97 Å². The number of benzene rings is 2. The molecule has 0 amide bonds.